The van der Waals surface area contributed by atoms with Crippen LogP contribution in [0, 0.1) is 0 Å². The fourth-order valence-corrected chi connectivity index (χ4v) is 3.91. The third-order valence-corrected chi connectivity index (χ3v) is 5.21. The molecular weight excluding hydrogens is 417 g/mol. The van der Waals surface area contributed by atoms with Crippen LogP contribution in [0.15, 0.2) is 24.3 Å². The lowest BCUT2D eigenvalue weighted by molar-refractivity contribution is -0.174. The van der Waals surface area contributed by atoms with E-state index in [0.29, 0.717) is 30.1 Å². The summed E-state index contributed by atoms with van der Waals surface area (Å²) in [5, 5.41) is 5.09. The highest BCUT2D eigenvalue weighted by Crippen LogP contribution is 2.30. The monoisotopic (exact) mass is 434 g/mol. The van der Waals surface area contributed by atoms with E-state index in [0.717, 1.165) is 16.1 Å². The highest BCUT2D eigenvalue weighted by atomic mass is 35.5. The average molecular weight is 435 g/mol. The maximum atomic E-state index is 12.4. The molecule has 3 rings (SSSR count). The van der Waals surface area contributed by atoms with E-state index in [1.807, 2.05) is 11.4 Å². The first kappa shape index (κ1) is 22.1. The second-order valence-corrected chi connectivity index (χ2v) is 7.24. The first-order valence-electron chi connectivity index (χ1n) is 8.23. The summed E-state index contributed by atoms with van der Waals surface area (Å²) < 4.78 is 37.2. The van der Waals surface area contributed by atoms with Crippen molar-refractivity contribution in [3.05, 3.63) is 46.0 Å². The number of rotatable bonds is 4. The number of aryl methyl sites for hydroxylation is 1. The van der Waals surface area contributed by atoms with Crippen LogP contribution in [0.25, 0.3) is 0 Å². The topological polar surface area (TPSA) is 97.1 Å². The van der Waals surface area contributed by atoms with E-state index >= 15 is 0 Å². The third-order valence-electron chi connectivity index (χ3n) is 4.18. The predicted octanol–water partition coefficient (Wildman–Crippen LogP) is 2.81. The summed E-state index contributed by atoms with van der Waals surface area (Å²) in [4.78, 5) is 28.6. The normalized spacial score (nSPS) is 15.9. The standard InChI is InChI=1S/C17H17F3N4O2S.ClH/c18-17(19,20)15(26)22-11-4-5-12-13(7-11)27-16(23-12)24-14(25)10-3-1-2-9(6-10)8-21;/h1-3,6,11H,4-5,7-8,21H2,(H,22,26)(H,23,24,25);1H. The number of alkyl halides is 3. The summed E-state index contributed by atoms with van der Waals surface area (Å²) in [5.41, 5.74) is 7.58. The molecule has 28 heavy (non-hydrogen) atoms. The molecule has 152 valence electrons. The van der Waals surface area contributed by atoms with Crippen molar-refractivity contribution in [1.82, 2.24) is 10.3 Å². The SMILES string of the molecule is Cl.NCc1cccc(C(=O)Nc2nc3c(s2)CC(NC(=O)C(F)(F)F)CC3)c1. The smallest absolute Gasteiger partial charge is 0.345 e. The van der Waals surface area contributed by atoms with E-state index in [1.165, 1.54) is 11.3 Å². The molecule has 0 aliphatic heterocycles. The number of nitrogens with zero attached hydrogens (tertiary/aromatic N) is 1. The summed E-state index contributed by atoms with van der Waals surface area (Å²) in [6.45, 7) is 0.317. The molecule has 0 spiro atoms. The average Bonchev–Trinajstić information content (AvgIpc) is 3.02. The summed E-state index contributed by atoms with van der Waals surface area (Å²) in [6.07, 6.45) is -3.84. The van der Waals surface area contributed by atoms with E-state index in [4.69, 9.17) is 5.73 Å². The van der Waals surface area contributed by atoms with Gasteiger partial charge in [0.05, 0.1) is 5.69 Å². The van der Waals surface area contributed by atoms with Crippen LogP contribution in [0.5, 0.6) is 0 Å². The largest absolute Gasteiger partial charge is 0.471 e. The zero-order valence-corrected chi connectivity index (χ0v) is 16.1. The number of aromatic nitrogens is 1. The lowest BCUT2D eigenvalue weighted by Gasteiger charge is -2.22. The molecule has 0 bridgehead atoms. The van der Waals surface area contributed by atoms with Gasteiger partial charge < -0.3 is 11.1 Å². The van der Waals surface area contributed by atoms with Crippen LogP contribution in [0.1, 0.15) is 32.9 Å². The number of thiazole rings is 1. The van der Waals surface area contributed by atoms with E-state index in [2.05, 4.69) is 10.3 Å². The third kappa shape index (κ3) is 5.21. The Balaban J connectivity index is 0.00000280. The Morgan fingerprint density at radius 1 is 1.32 bits per heavy atom. The quantitative estimate of drug-likeness (QED) is 0.689. The maximum Gasteiger partial charge on any atom is 0.471 e. The van der Waals surface area contributed by atoms with E-state index in [-0.39, 0.29) is 24.7 Å². The summed E-state index contributed by atoms with van der Waals surface area (Å²) in [5.74, 6) is -2.27. The minimum absolute atomic E-state index is 0. The first-order chi connectivity index (χ1) is 12.8. The van der Waals surface area contributed by atoms with Crippen LogP contribution >= 0.6 is 23.7 Å². The van der Waals surface area contributed by atoms with Crippen molar-refractivity contribution in [3.63, 3.8) is 0 Å². The summed E-state index contributed by atoms with van der Waals surface area (Å²) in [7, 11) is 0. The van der Waals surface area contributed by atoms with Gasteiger partial charge in [-0.25, -0.2) is 4.98 Å². The van der Waals surface area contributed by atoms with Crippen LogP contribution in [0.2, 0.25) is 0 Å². The van der Waals surface area contributed by atoms with Crippen molar-refractivity contribution in [2.24, 2.45) is 5.73 Å². The molecule has 1 unspecified atom stereocenters. The molecule has 1 aromatic carbocycles. The van der Waals surface area contributed by atoms with Crippen LogP contribution in [-0.4, -0.2) is 29.0 Å². The Labute approximate surface area is 169 Å². The van der Waals surface area contributed by atoms with Crippen molar-refractivity contribution in [1.29, 1.82) is 0 Å². The highest BCUT2D eigenvalue weighted by Gasteiger charge is 2.40. The molecule has 0 saturated heterocycles. The van der Waals surface area contributed by atoms with Gasteiger partial charge in [-0.15, -0.1) is 23.7 Å². The number of amides is 2. The van der Waals surface area contributed by atoms with E-state index < -0.39 is 18.1 Å². The summed E-state index contributed by atoms with van der Waals surface area (Å²) in [6, 6.07) is 6.29. The zero-order valence-electron chi connectivity index (χ0n) is 14.5. The van der Waals surface area contributed by atoms with Gasteiger partial charge in [0.25, 0.3) is 5.91 Å². The fraction of sp³-hybridized carbons (Fsp3) is 0.353. The van der Waals surface area contributed by atoms with Crippen molar-refractivity contribution in [2.75, 3.05) is 5.32 Å². The molecule has 2 amide bonds. The van der Waals surface area contributed by atoms with Crippen LogP contribution in [0.3, 0.4) is 0 Å². The molecule has 0 saturated carbocycles. The molecule has 11 heteroatoms. The molecule has 1 aliphatic rings. The molecule has 0 radical (unpaired) electrons. The Kier molecular flexibility index (Phi) is 7.02. The van der Waals surface area contributed by atoms with Gasteiger partial charge in [-0.1, -0.05) is 12.1 Å². The first-order valence-corrected chi connectivity index (χ1v) is 9.04. The number of anilines is 1. The van der Waals surface area contributed by atoms with Gasteiger partial charge in [0, 0.05) is 29.4 Å². The molecule has 1 atom stereocenters. The number of hydrogen-bond donors (Lipinski definition) is 3. The Bertz CT molecular complexity index is 872. The number of halogens is 4. The molecular formula is C17H18ClF3N4O2S. The van der Waals surface area contributed by atoms with Crippen molar-refractivity contribution in [2.45, 2.75) is 38.0 Å². The number of carbonyl (C=O) groups excluding carboxylic acids is 2. The van der Waals surface area contributed by atoms with Crippen LogP contribution in [0.4, 0.5) is 18.3 Å². The predicted molar refractivity (Wildman–Crippen MR) is 102 cm³/mol. The number of fused-ring (bicyclic) bond motifs is 1. The highest BCUT2D eigenvalue weighted by molar-refractivity contribution is 7.15. The molecule has 1 aliphatic carbocycles. The van der Waals surface area contributed by atoms with Crippen molar-refractivity contribution >= 4 is 40.7 Å². The Morgan fingerprint density at radius 3 is 2.75 bits per heavy atom. The van der Waals surface area contributed by atoms with E-state index in [1.54, 1.807) is 18.2 Å². The maximum absolute atomic E-state index is 12.4. The number of benzene rings is 1. The number of hydrogen-bond acceptors (Lipinski definition) is 5. The second-order valence-electron chi connectivity index (χ2n) is 6.16. The number of nitrogens with two attached hydrogens (primary N) is 1. The van der Waals surface area contributed by atoms with Gasteiger partial charge in [-0.3, -0.25) is 14.9 Å². The fourth-order valence-electron chi connectivity index (χ4n) is 2.83. The second kappa shape index (κ2) is 8.89. The van der Waals surface area contributed by atoms with Gasteiger partial charge in [-0.2, -0.15) is 13.2 Å². The molecule has 1 heterocycles. The molecule has 2 aromatic rings. The lowest BCUT2D eigenvalue weighted by atomic mass is 9.97. The van der Waals surface area contributed by atoms with Gasteiger partial charge in [0.2, 0.25) is 0 Å². The Hall–Kier alpha value is -2.17. The van der Waals surface area contributed by atoms with Gasteiger partial charge in [-0.05, 0) is 30.5 Å². The number of carbonyl (C=O) groups is 2. The van der Waals surface area contributed by atoms with Crippen molar-refractivity contribution < 1.29 is 22.8 Å². The Morgan fingerprint density at radius 2 is 2.07 bits per heavy atom. The van der Waals surface area contributed by atoms with Crippen LogP contribution < -0.4 is 16.4 Å². The number of nitrogens with one attached hydrogen (secondary N) is 2. The van der Waals surface area contributed by atoms with Gasteiger partial charge in [0.15, 0.2) is 5.13 Å². The van der Waals surface area contributed by atoms with Gasteiger partial charge >= 0.3 is 12.1 Å². The van der Waals surface area contributed by atoms with Gasteiger partial charge in [0.1, 0.15) is 0 Å². The molecule has 0 fully saturated rings. The molecule has 1 aromatic heterocycles. The lowest BCUT2D eigenvalue weighted by Crippen LogP contribution is -2.45. The molecule has 4 N–H and O–H groups in total. The minimum atomic E-state index is -4.90. The van der Waals surface area contributed by atoms with E-state index in [9.17, 15) is 22.8 Å². The molecule has 6 nitrogen and oxygen atoms in total. The minimum Gasteiger partial charge on any atom is -0.345 e. The van der Waals surface area contributed by atoms with Crippen molar-refractivity contribution in [3.8, 4) is 0 Å². The van der Waals surface area contributed by atoms with Crippen LogP contribution in [-0.2, 0) is 24.2 Å². The summed E-state index contributed by atoms with van der Waals surface area (Å²) >= 11 is 1.21. The zero-order chi connectivity index (χ0) is 19.6.